The number of carbonyl (C=O) groups excluding carboxylic acids is 1. The first-order valence-corrected chi connectivity index (χ1v) is 11.5. The molecule has 1 aromatic rings. The van der Waals surface area contributed by atoms with E-state index < -0.39 is 15.1 Å². The van der Waals surface area contributed by atoms with Crippen LogP contribution in [-0.2, 0) is 25.9 Å². The third-order valence-corrected chi connectivity index (χ3v) is 8.43. The van der Waals surface area contributed by atoms with Gasteiger partial charge in [0.15, 0.2) is 9.84 Å². The van der Waals surface area contributed by atoms with Gasteiger partial charge in [-0.15, -0.1) is 0 Å². The summed E-state index contributed by atoms with van der Waals surface area (Å²) in [5, 5.41) is -0.411. The highest BCUT2D eigenvalue weighted by molar-refractivity contribution is 7.92. The smallest absolute Gasteiger partial charge is 0.226 e. The van der Waals surface area contributed by atoms with E-state index in [0.29, 0.717) is 45.8 Å². The lowest BCUT2D eigenvalue weighted by Crippen LogP contribution is -2.50. The number of ether oxygens (including phenoxy) is 1. The molecule has 148 valence electrons. The largest absolute Gasteiger partial charge is 0.378 e. The van der Waals surface area contributed by atoms with Crippen LogP contribution in [0.2, 0.25) is 0 Å². The van der Waals surface area contributed by atoms with Crippen molar-refractivity contribution >= 4 is 15.7 Å². The van der Waals surface area contributed by atoms with Crippen LogP contribution in [0.25, 0.3) is 0 Å². The lowest BCUT2D eigenvalue weighted by atomic mass is 9.87. The highest BCUT2D eigenvalue weighted by Gasteiger charge is 2.51. The van der Waals surface area contributed by atoms with Crippen LogP contribution in [0.15, 0.2) is 24.3 Å². The summed E-state index contributed by atoms with van der Waals surface area (Å²) >= 11 is 0. The summed E-state index contributed by atoms with van der Waals surface area (Å²) in [6.07, 6.45) is 0.456. The van der Waals surface area contributed by atoms with E-state index in [9.17, 15) is 13.2 Å². The second-order valence-corrected chi connectivity index (χ2v) is 10.4. The molecule has 3 aliphatic heterocycles. The van der Waals surface area contributed by atoms with Crippen LogP contribution in [0, 0.1) is 18.8 Å². The quantitative estimate of drug-likeness (QED) is 0.770. The summed E-state index contributed by atoms with van der Waals surface area (Å²) in [6, 6.07) is 8.33. The average molecular weight is 393 g/mol. The normalized spacial score (nSPS) is 30.9. The van der Waals surface area contributed by atoms with Gasteiger partial charge in [-0.1, -0.05) is 29.8 Å². The molecule has 4 rings (SSSR count). The summed E-state index contributed by atoms with van der Waals surface area (Å²) in [6.45, 7) is 6.40. The maximum atomic E-state index is 13.1. The fourth-order valence-corrected chi connectivity index (χ4v) is 6.96. The van der Waals surface area contributed by atoms with Gasteiger partial charge < -0.3 is 9.64 Å². The van der Waals surface area contributed by atoms with E-state index in [1.165, 1.54) is 11.1 Å². The number of fused-ring (bicyclic) bond motifs is 1. The Balaban J connectivity index is 1.51. The number of rotatable bonds is 3. The third kappa shape index (κ3) is 3.91. The highest BCUT2D eigenvalue weighted by Crippen LogP contribution is 2.38. The van der Waals surface area contributed by atoms with E-state index in [2.05, 4.69) is 30.0 Å². The van der Waals surface area contributed by atoms with Gasteiger partial charge in [0.05, 0.1) is 24.2 Å². The Morgan fingerprint density at radius 1 is 1.22 bits per heavy atom. The maximum Gasteiger partial charge on any atom is 0.226 e. The topological polar surface area (TPSA) is 66.9 Å². The number of aryl methyl sites for hydroxylation is 1. The van der Waals surface area contributed by atoms with Crippen LogP contribution in [0.5, 0.6) is 0 Å². The molecule has 27 heavy (non-hydrogen) atoms. The van der Waals surface area contributed by atoms with Gasteiger partial charge in [0.25, 0.3) is 0 Å². The second-order valence-electron chi connectivity index (χ2n) is 8.09. The summed E-state index contributed by atoms with van der Waals surface area (Å²) < 4.78 is 30.7. The minimum absolute atomic E-state index is 0.0936. The molecule has 1 aromatic carbocycles. The van der Waals surface area contributed by atoms with E-state index in [1.54, 1.807) is 0 Å². The molecule has 0 unspecified atom stereocenters. The van der Waals surface area contributed by atoms with Crippen molar-refractivity contribution in [2.45, 2.75) is 25.1 Å². The monoisotopic (exact) mass is 392 g/mol. The van der Waals surface area contributed by atoms with E-state index in [1.807, 2.05) is 11.0 Å². The minimum Gasteiger partial charge on any atom is -0.378 e. The Labute approximate surface area is 161 Å². The molecule has 0 aromatic heterocycles. The number of sulfone groups is 1. The van der Waals surface area contributed by atoms with E-state index in [0.717, 1.165) is 6.54 Å². The summed E-state index contributed by atoms with van der Waals surface area (Å²) in [5.41, 5.74) is 2.40. The molecule has 6 nitrogen and oxygen atoms in total. The van der Waals surface area contributed by atoms with Crippen molar-refractivity contribution < 1.29 is 17.9 Å². The molecule has 7 heteroatoms. The molecule has 0 bridgehead atoms. The van der Waals surface area contributed by atoms with Gasteiger partial charge in [0, 0.05) is 44.6 Å². The molecule has 3 heterocycles. The van der Waals surface area contributed by atoms with Crippen LogP contribution in [-0.4, -0.2) is 74.5 Å². The lowest BCUT2D eigenvalue weighted by Gasteiger charge is -2.36. The van der Waals surface area contributed by atoms with Crippen molar-refractivity contribution in [3.63, 3.8) is 0 Å². The zero-order valence-corrected chi connectivity index (χ0v) is 16.7. The number of hydrogen-bond acceptors (Lipinski definition) is 5. The van der Waals surface area contributed by atoms with Gasteiger partial charge in [0.2, 0.25) is 5.91 Å². The van der Waals surface area contributed by atoms with E-state index in [4.69, 9.17) is 4.74 Å². The van der Waals surface area contributed by atoms with Gasteiger partial charge in [0.1, 0.15) is 0 Å². The molecule has 3 saturated heterocycles. The molecule has 0 N–H and O–H groups in total. The number of likely N-dealkylation sites (tertiary alicyclic amines) is 1. The first-order valence-electron chi connectivity index (χ1n) is 9.80. The van der Waals surface area contributed by atoms with Crippen LogP contribution < -0.4 is 0 Å². The minimum atomic E-state index is -3.13. The Hall–Kier alpha value is -1.44. The molecule has 0 aliphatic carbocycles. The third-order valence-electron chi connectivity index (χ3n) is 6.20. The molecule has 3 aliphatic rings. The van der Waals surface area contributed by atoms with Gasteiger partial charge in [-0.2, -0.15) is 0 Å². The van der Waals surface area contributed by atoms with Crippen molar-refractivity contribution in [3.8, 4) is 0 Å². The number of benzene rings is 1. The summed E-state index contributed by atoms with van der Waals surface area (Å²) in [4.78, 5) is 17.2. The molecule has 3 fully saturated rings. The predicted molar refractivity (Wildman–Crippen MR) is 103 cm³/mol. The van der Waals surface area contributed by atoms with Crippen LogP contribution in [0.4, 0.5) is 0 Å². The zero-order valence-electron chi connectivity index (χ0n) is 15.8. The molecule has 3 atom stereocenters. The van der Waals surface area contributed by atoms with Gasteiger partial charge in [-0.05, 0) is 18.9 Å². The van der Waals surface area contributed by atoms with Gasteiger partial charge in [-0.3, -0.25) is 9.69 Å². The zero-order chi connectivity index (χ0) is 19.0. The molecule has 1 amide bonds. The molecular formula is C20H28N2O4S. The van der Waals surface area contributed by atoms with Crippen molar-refractivity contribution in [1.29, 1.82) is 0 Å². The maximum absolute atomic E-state index is 13.1. The number of hydrogen-bond donors (Lipinski definition) is 0. The first kappa shape index (κ1) is 18.9. The Morgan fingerprint density at radius 3 is 2.74 bits per heavy atom. The Morgan fingerprint density at radius 2 is 2.00 bits per heavy atom. The highest BCUT2D eigenvalue weighted by atomic mass is 32.2. The number of amides is 1. The van der Waals surface area contributed by atoms with E-state index in [-0.39, 0.29) is 23.5 Å². The Bertz CT molecular complexity index is 804. The van der Waals surface area contributed by atoms with Gasteiger partial charge >= 0.3 is 0 Å². The lowest BCUT2D eigenvalue weighted by molar-refractivity contribution is -0.141. The van der Waals surface area contributed by atoms with Crippen LogP contribution in [0.1, 0.15) is 17.5 Å². The number of carbonyl (C=O) groups is 1. The molecule has 0 spiro atoms. The number of morpholine rings is 1. The second kappa shape index (κ2) is 7.53. The average Bonchev–Trinajstić information content (AvgIpc) is 3.07. The van der Waals surface area contributed by atoms with Crippen molar-refractivity contribution in [1.82, 2.24) is 9.80 Å². The summed E-state index contributed by atoms with van der Waals surface area (Å²) in [5.74, 6) is -0.0173. The predicted octanol–water partition coefficient (Wildman–Crippen LogP) is 1.09. The first-order chi connectivity index (χ1) is 12.9. The van der Waals surface area contributed by atoms with Crippen molar-refractivity contribution in [3.05, 3.63) is 35.4 Å². The molecule has 0 saturated carbocycles. The SMILES string of the molecule is Cc1cccc(CN2C[C@H]3[C@@H](C2)S(=O)(=O)CC[C@H]3C(=O)N2CCOCC2)c1. The molecular weight excluding hydrogens is 364 g/mol. The van der Waals surface area contributed by atoms with Crippen molar-refractivity contribution in [2.24, 2.45) is 11.8 Å². The standard InChI is InChI=1S/C20H28N2O4S/c1-15-3-2-4-16(11-15)12-21-13-18-17(5-10-27(24,25)19(18)14-21)20(23)22-6-8-26-9-7-22/h2-4,11,17-19H,5-10,12-14H2,1H3/t17-,18-,19-/m1/s1. The van der Waals surface area contributed by atoms with Crippen LogP contribution >= 0.6 is 0 Å². The number of nitrogens with zero attached hydrogens (tertiary/aromatic N) is 2. The summed E-state index contributed by atoms with van der Waals surface area (Å²) in [7, 11) is -3.13. The fourth-order valence-electron chi connectivity index (χ4n) is 4.83. The fraction of sp³-hybridized carbons (Fsp3) is 0.650. The van der Waals surface area contributed by atoms with Gasteiger partial charge in [-0.25, -0.2) is 8.42 Å². The van der Waals surface area contributed by atoms with Crippen molar-refractivity contribution in [2.75, 3.05) is 45.1 Å². The Kier molecular flexibility index (Phi) is 5.27. The van der Waals surface area contributed by atoms with E-state index >= 15 is 0 Å². The molecule has 0 radical (unpaired) electrons. The van der Waals surface area contributed by atoms with Crippen LogP contribution in [0.3, 0.4) is 0 Å².